The SMILES string of the molecule is CCC(N)C(C)c1ccc(-c2ccc3[nH]ncc3c2C2CC2)nc1.O=P(O)(O)O. The molecule has 0 amide bonds. The molecule has 1 aliphatic rings. The highest BCUT2D eigenvalue weighted by Gasteiger charge is 2.29. The Labute approximate surface area is 169 Å². The number of H-pyrrole nitrogens is 1. The third-order valence-electron chi connectivity index (χ3n) is 5.35. The van der Waals surface area contributed by atoms with E-state index in [0.29, 0.717) is 11.8 Å². The molecule has 9 heteroatoms. The van der Waals surface area contributed by atoms with Crippen molar-refractivity contribution in [1.82, 2.24) is 15.2 Å². The first-order valence-electron chi connectivity index (χ1n) is 9.65. The molecule has 0 radical (unpaired) electrons. The normalized spacial score (nSPS) is 16.2. The summed E-state index contributed by atoms with van der Waals surface area (Å²) >= 11 is 0. The summed E-state index contributed by atoms with van der Waals surface area (Å²) in [5, 5.41) is 8.53. The molecule has 2 aromatic heterocycles. The molecule has 1 aliphatic carbocycles. The van der Waals surface area contributed by atoms with Crippen LogP contribution in [0.5, 0.6) is 0 Å². The molecule has 8 nitrogen and oxygen atoms in total. The lowest BCUT2D eigenvalue weighted by Gasteiger charge is -2.18. The van der Waals surface area contributed by atoms with Crippen LogP contribution in [-0.2, 0) is 4.57 Å². The van der Waals surface area contributed by atoms with Crippen LogP contribution in [0.2, 0.25) is 0 Å². The summed E-state index contributed by atoms with van der Waals surface area (Å²) in [6, 6.07) is 8.79. The van der Waals surface area contributed by atoms with E-state index in [2.05, 4.69) is 48.3 Å². The number of aromatic nitrogens is 3. The van der Waals surface area contributed by atoms with E-state index < -0.39 is 7.82 Å². The Morgan fingerprint density at radius 2 is 1.90 bits per heavy atom. The number of fused-ring (bicyclic) bond motifs is 1. The zero-order valence-electron chi connectivity index (χ0n) is 16.5. The molecule has 6 N–H and O–H groups in total. The Hall–Kier alpha value is -2.09. The fourth-order valence-electron chi connectivity index (χ4n) is 3.51. The molecule has 0 aliphatic heterocycles. The summed E-state index contributed by atoms with van der Waals surface area (Å²) in [7, 11) is -4.64. The number of nitrogens with zero attached hydrogens (tertiary/aromatic N) is 2. The van der Waals surface area contributed by atoms with Gasteiger partial charge in [-0.1, -0.05) is 26.0 Å². The van der Waals surface area contributed by atoms with E-state index in [4.69, 9.17) is 30.0 Å². The van der Waals surface area contributed by atoms with Crippen LogP contribution < -0.4 is 5.73 Å². The first kappa shape index (κ1) is 21.6. The van der Waals surface area contributed by atoms with Crippen LogP contribution in [0, 0.1) is 0 Å². The predicted molar refractivity (Wildman–Crippen MR) is 112 cm³/mol. The van der Waals surface area contributed by atoms with Crippen molar-refractivity contribution in [2.24, 2.45) is 5.73 Å². The maximum Gasteiger partial charge on any atom is 0.466 e. The molecule has 0 bridgehead atoms. The summed E-state index contributed by atoms with van der Waals surface area (Å²) in [5.74, 6) is 0.978. The van der Waals surface area contributed by atoms with Gasteiger partial charge in [0.15, 0.2) is 0 Å². The Balaban J connectivity index is 0.000000431. The van der Waals surface area contributed by atoms with Crippen LogP contribution in [0.3, 0.4) is 0 Å². The second-order valence-electron chi connectivity index (χ2n) is 7.48. The molecular weight excluding hydrogens is 391 g/mol. The van der Waals surface area contributed by atoms with E-state index in [1.165, 1.54) is 34.9 Å². The van der Waals surface area contributed by atoms with Gasteiger partial charge < -0.3 is 20.4 Å². The number of benzene rings is 1. The zero-order valence-corrected chi connectivity index (χ0v) is 17.4. The molecule has 2 atom stereocenters. The van der Waals surface area contributed by atoms with E-state index >= 15 is 0 Å². The standard InChI is InChI=1S/C20H24N4.H3O4P/c1-3-17(21)12(2)14-6-8-18(22-10-14)15-7-9-19-16(11-23-24-19)20(15)13-4-5-13;1-5(2,3)4/h6-13,17H,3-5,21H2,1-2H3,(H,23,24);(H3,1,2,3,4). The van der Waals surface area contributed by atoms with Crippen molar-refractivity contribution in [3.63, 3.8) is 0 Å². The van der Waals surface area contributed by atoms with Gasteiger partial charge in [-0.25, -0.2) is 4.57 Å². The minimum Gasteiger partial charge on any atom is -0.327 e. The van der Waals surface area contributed by atoms with Crippen LogP contribution >= 0.6 is 7.82 Å². The second kappa shape index (κ2) is 8.73. The van der Waals surface area contributed by atoms with Crippen LogP contribution in [0.4, 0.5) is 0 Å². The van der Waals surface area contributed by atoms with E-state index in [1.807, 2.05) is 12.4 Å². The fraction of sp³-hybridized carbons (Fsp3) is 0.400. The third kappa shape index (κ3) is 5.50. The first-order valence-corrected chi connectivity index (χ1v) is 11.2. The molecule has 2 unspecified atom stereocenters. The highest BCUT2D eigenvalue weighted by molar-refractivity contribution is 7.45. The van der Waals surface area contributed by atoms with Crippen LogP contribution in [0.25, 0.3) is 22.2 Å². The zero-order chi connectivity index (χ0) is 21.2. The Morgan fingerprint density at radius 1 is 1.21 bits per heavy atom. The van der Waals surface area contributed by atoms with Gasteiger partial charge in [-0.15, -0.1) is 0 Å². The van der Waals surface area contributed by atoms with Crippen molar-refractivity contribution in [3.8, 4) is 11.3 Å². The lowest BCUT2D eigenvalue weighted by Crippen LogP contribution is -2.25. The van der Waals surface area contributed by atoms with Crippen molar-refractivity contribution < 1.29 is 19.2 Å². The van der Waals surface area contributed by atoms with Gasteiger partial charge in [-0.05, 0) is 54.4 Å². The molecular formula is C20H27N4O4P. The van der Waals surface area contributed by atoms with Gasteiger partial charge in [-0.2, -0.15) is 5.10 Å². The number of hydrogen-bond acceptors (Lipinski definition) is 4. The summed E-state index contributed by atoms with van der Waals surface area (Å²) in [6.07, 6.45) is 7.44. The van der Waals surface area contributed by atoms with Crippen molar-refractivity contribution in [3.05, 3.63) is 47.8 Å². The minimum atomic E-state index is -4.64. The molecule has 0 saturated heterocycles. The molecule has 29 heavy (non-hydrogen) atoms. The maximum absolute atomic E-state index is 8.88. The van der Waals surface area contributed by atoms with Gasteiger partial charge in [0, 0.05) is 23.2 Å². The molecule has 4 rings (SSSR count). The number of hydrogen-bond donors (Lipinski definition) is 5. The lowest BCUT2D eigenvalue weighted by atomic mass is 9.92. The molecule has 0 spiro atoms. The number of aromatic amines is 1. The van der Waals surface area contributed by atoms with Crippen LogP contribution in [0.1, 0.15) is 56.1 Å². The van der Waals surface area contributed by atoms with E-state index in [0.717, 1.165) is 17.6 Å². The summed E-state index contributed by atoms with van der Waals surface area (Å²) in [4.78, 5) is 26.3. The molecule has 3 aromatic rings. The van der Waals surface area contributed by atoms with Gasteiger partial charge >= 0.3 is 7.82 Å². The van der Waals surface area contributed by atoms with Gasteiger partial charge in [0.05, 0.1) is 17.4 Å². The number of pyridine rings is 1. The number of nitrogens with two attached hydrogens (primary N) is 1. The number of rotatable bonds is 5. The van der Waals surface area contributed by atoms with Crippen molar-refractivity contribution in [2.45, 2.75) is 51.0 Å². The Kier molecular flexibility index (Phi) is 6.51. The van der Waals surface area contributed by atoms with Crippen molar-refractivity contribution in [2.75, 3.05) is 0 Å². The van der Waals surface area contributed by atoms with E-state index in [9.17, 15) is 0 Å². The highest BCUT2D eigenvalue weighted by Crippen LogP contribution is 2.47. The summed E-state index contributed by atoms with van der Waals surface area (Å²) in [6.45, 7) is 4.31. The Bertz CT molecular complexity index is 1000. The summed E-state index contributed by atoms with van der Waals surface area (Å²) in [5.41, 5.74) is 12.2. The largest absolute Gasteiger partial charge is 0.466 e. The maximum atomic E-state index is 8.88. The smallest absolute Gasteiger partial charge is 0.327 e. The third-order valence-corrected chi connectivity index (χ3v) is 5.35. The minimum absolute atomic E-state index is 0.182. The van der Waals surface area contributed by atoms with Gasteiger partial charge in [0.2, 0.25) is 0 Å². The summed E-state index contributed by atoms with van der Waals surface area (Å²) < 4.78 is 8.88. The molecule has 2 heterocycles. The number of nitrogens with one attached hydrogen (secondary N) is 1. The second-order valence-corrected chi connectivity index (χ2v) is 8.51. The van der Waals surface area contributed by atoms with Crippen molar-refractivity contribution in [1.29, 1.82) is 0 Å². The fourth-order valence-corrected chi connectivity index (χ4v) is 3.51. The van der Waals surface area contributed by atoms with E-state index in [1.54, 1.807) is 0 Å². The predicted octanol–water partition coefficient (Wildman–Crippen LogP) is 3.41. The van der Waals surface area contributed by atoms with Crippen molar-refractivity contribution >= 4 is 18.7 Å². The topological polar surface area (TPSA) is 145 Å². The van der Waals surface area contributed by atoms with E-state index in [-0.39, 0.29) is 6.04 Å². The van der Waals surface area contributed by atoms with Gasteiger partial charge in [0.1, 0.15) is 0 Å². The first-order chi connectivity index (χ1) is 13.7. The molecule has 156 valence electrons. The number of phosphoric acid groups is 1. The molecule has 1 saturated carbocycles. The van der Waals surface area contributed by atoms with Crippen LogP contribution in [-0.4, -0.2) is 35.9 Å². The monoisotopic (exact) mass is 418 g/mol. The molecule has 1 aromatic carbocycles. The molecule has 1 fully saturated rings. The highest BCUT2D eigenvalue weighted by atomic mass is 31.2. The average molecular weight is 418 g/mol. The quantitative estimate of drug-likeness (QED) is 0.399. The van der Waals surface area contributed by atoms with Crippen LogP contribution in [0.15, 0.2) is 36.7 Å². The Morgan fingerprint density at radius 3 is 2.45 bits per heavy atom. The lowest BCUT2D eigenvalue weighted by molar-refractivity contribution is 0.275. The van der Waals surface area contributed by atoms with Gasteiger partial charge in [-0.3, -0.25) is 10.1 Å². The van der Waals surface area contributed by atoms with Gasteiger partial charge in [0.25, 0.3) is 0 Å². The average Bonchev–Trinajstić information content (AvgIpc) is 3.40.